The van der Waals surface area contributed by atoms with Crippen LogP contribution in [0.4, 0.5) is 17.6 Å². The molecule has 0 aliphatic heterocycles. The van der Waals surface area contributed by atoms with Crippen molar-refractivity contribution in [2.75, 3.05) is 6.61 Å². The van der Waals surface area contributed by atoms with Crippen LogP contribution in [0, 0.1) is 6.92 Å². The van der Waals surface area contributed by atoms with Crippen LogP contribution in [0.2, 0.25) is 0 Å². The van der Waals surface area contributed by atoms with Gasteiger partial charge < -0.3 is 9.47 Å². The van der Waals surface area contributed by atoms with Gasteiger partial charge >= 0.3 is 6.61 Å². The van der Waals surface area contributed by atoms with Gasteiger partial charge in [-0.3, -0.25) is 4.79 Å². The predicted molar refractivity (Wildman–Crippen MR) is 113 cm³/mol. The number of ether oxygens (including phenoxy) is 2. The highest BCUT2D eigenvalue weighted by Crippen LogP contribution is 2.28. The lowest BCUT2D eigenvalue weighted by Crippen LogP contribution is -2.23. The van der Waals surface area contributed by atoms with Gasteiger partial charge in [-0.05, 0) is 42.8 Å². The lowest BCUT2D eigenvalue weighted by atomic mass is 10.1. The molecular weight excluding hydrogens is 442 g/mol. The fourth-order valence-corrected chi connectivity index (χ4v) is 3.21. The molecule has 170 valence electrons. The third-order valence-corrected chi connectivity index (χ3v) is 4.70. The second-order valence-electron chi connectivity index (χ2n) is 7.05. The molecule has 0 unspecified atom stereocenters. The van der Waals surface area contributed by atoms with Crippen LogP contribution in [0.1, 0.15) is 5.56 Å². The quantitative estimate of drug-likeness (QED) is 0.364. The van der Waals surface area contributed by atoms with Crippen LogP contribution >= 0.6 is 0 Å². The Bertz CT molecular complexity index is 1320. The first kappa shape index (κ1) is 22.3. The highest BCUT2D eigenvalue weighted by molar-refractivity contribution is 5.91. The molecule has 0 saturated carbocycles. The lowest BCUT2D eigenvalue weighted by molar-refractivity contribution is -0.0498. The van der Waals surface area contributed by atoms with Crippen LogP contribution in [0.25, 0.3) is 27.8 Å². The highest BCUT2D eigenvalue weighted by atomic mass is 19.3. The van der Waals surface area contributed by atoms with Crippen LogP contribution in [-0.4, -0.2) is 34.4 Å². The molecule has 0 radical (unpaired) electrons. The molecule has 0 atom stereocenters. The Morgan fingerprint density at radius 1 is 0.939 bits per heavy atom. The van der Waals surface area contributed by atoms with E-state index in [-0.39, 0.29) is 22.7 Å². The summed E-state index contributed by atoms with van der Waals surface area (Å²) in [5, 5.41) is 4.37. The third kappa shape index (κ3) is 4.94. The largest absolute Gasteiger partial charge is 0.472 e. The monoisotopic (exact) mass is 459 g/mol. The Morgan fingerprint density at radius 3 is 2.27 bits per heavy atom. The number of benzene rings is 2. The molecule has 0 N–H and O–H groups in total. The number of hydrogen-bond acceptors (Lipinski definition) is 5. The van der Waals surface area contributed by atoms with Gasteiger partial charge in [-0.2, -0.15) is 18.6 Å². The van der Waals surface area contributed by atoms with Crippen molar-refractivity contribution < 1.29 is 27.0 Å². The van der Waals surface area contributed by atoms with Crippen molar-refractivity contribution in [1.29, 1.82) is 0 Å². The summed E-state index contributed by atoms with van der Waals surface area (Å²) in [5.41, 5.74) is 1.85. The van der Waals surface area contributed by atoms with Crippen molar-refractivity contribution in [3.63, 3.8) is 0 Å². The first-order valence-corrected chi connectivity index (χ1v) is 9.79. The number of rotatable bonds is 7. The van der Waals surface area contributed by atoms with E-state index >= 15 is 0 Å². The predicted octanol–water partition coefficient (Wildman–Crippen LogP) is 5.00. The van der Waals surface area contributed by atoms with Gasteiger partial charge in [0, 0.05) is 6.07 Å². The normalized spacial score (nSPS) is 11.4. The van der Waals surface area contributed by atoms with Crippen molar-refractivity contribution >= 4 is 11.0 Å². The number of aromatic nitrogens is 3. The Kier molecular flexibility index (Phi) is 6.25. The van der Waals surface area contributed by atoms with Crippen LogP contribution in [-0.2, 0) is 0 Å². The Balaban J connectivity index is 1.91. The lowest BCUT2D eigenvalue weighted by Gasteiger charge is -2.13. The van der Waals surface area contributed by atoms with Crippen molar-refractivity contribution in [3.05, 3.63) is 76.6 Å². The second kappa shape index (κ2) is 9.27. The molecule has 0 saturated heterocycles. The number of hydrogen-bond donors (Lipinski definition) is 0. The molecule has 2 aromatic heterocycles. The maximum absolute atomic E-state index is 13.5. The van der Waals surface area contributed by atoms with Gasteiger partial charge in [0.15, 0.2) is 6.61 Å². The minimum absolute atomic E-state index is 0.0834. The second-order valence-corrected chi connectivity index (χ2v) is 7.05. The summed E-state index contributed by atoms with van der Waals surface area (Å²) in [4.78, 5) is 17.7. The number of aryl methyl sites for hydroxylation is 1. The summed E-state index contributed by atoms with van der Waals surface area (Å²) in [6.45, 7) is -1.95. The Morgan fingerprint density at radius 2 is 1.64 bits per heavy atom. The first-order chi connectivity index (χ1) is 15.8. The standard InChI is InChI=1S/C23H17F4N3O3/c1-13-2-6-15(7-3-13)30-22(31)20(14-4-8-16(9-5-14)33-23(26)27)21-17(29-30)10-11-19(28-21)32-12-18(24)25/h2-11,18,23H,12H2,1H3. The first-order valence-electron chi connectivity index (χ1n) is 9.79. The molecule has 2 heterocycles. The van der Waals surface area contributed by atoms with Gasteiger partial charge in [0.2, 0.25) is 5.88 Å². The van der Waals surface area contributed by atoms with Crippen molar-refractivity contribution in [2.45, 2.75) is 20.0 Å². The SMILES string of the molecule is Cc1ccc(-n2nc3ccc(OCC(F)F)nc3c(-c3ccc(OC(F)F)cc3)c2=O)cc1. The molecule has 4 aromatic rings. The van der Waals surface area contributed by atoms with Gasteiger partial charge in [-0.25, -0.2) is 13.8 Å². The minimum atomic E-state index is -2.99. The molecule has 10 heteroatoms. The van der Waals surface area contributed by atoms with E-state index in [1.807, 2.05) is 19.1 Å². The van der Waals surface area contributed by atoms with E-state index in [9.17, 15) is 22.4 Å². The minimum Gasteiger partial charge on any atom is -0.472 e. The zero-order valence-electron chi connectivity index (χ0n) is 17.2. The molecule has 0 amide bonds. The summed E-state index contributed by atoms with van der Waals surface area (Å²) in [6.07, 6.45) is -2.70. The Hall–Kier alpha value is -3.95. The van der Waals surface area contributed by atoms with Crippen LogP contribution < -0.4 is 15.0 Å². The van der Waals surface area contributed by atoms with Gasteiger partial charge in [0.25, 0.3) is 12.0 Å². The zero-order valence-corrected chi connectivity index (χ0v) is 17.2. The topological polar surface area (TPSA) is 66.2 Å². The van der Waals surface area contributed by atoms with E-state index in [0.717, 1.165) is 5.56 Å². The highest BCUT2D eigenvalue weighted by Gasteiger charge is 2.18. The van der Waals surface area contributed by atoms with Gasteiger partial charge in [0.05, 0.1) is 11.3 Å². The summed E-state index contributed by atoms with van der Waals surface area (Å²) in [5.74, 6) is -0.184. The van der Waals surface area contributed by atoms with E-state index < -0.39 is 25.2 Å². The zero-order chi connectivity index (χ0) is 23.5. The number of fused-ring (bicyclic) bond motifs is 1. The summed E-state index contributed by atoms with van der Waals surface area (Å²) in [7, 11) is 0. The number of halogens is 4. The maximum atomic E-state index is 13.5. The molecule has 0 spiro atoms. The Labute approximate surface area is 185 Å². The smallest absolute Gasteiger partial charge is 0.387 e. The molecule has 33 heavy (non-hydrogen) atoms. The van der Waals surface area contributed by atoms with E-state index in [1.54, 1.807) is 12.1 Å². The number of nitrogens with zero attached hydrogens (tertiary/aromatic N) is 3. The molecule has 0 fully saturated rings. The van der Waals surface area contributed by atoms with Crippen LogP contribution in [0.15, 0.2) is 65.5 Å². The average Bonchev–Trinajstić information content (AvgIpc) is 2.78. The van der Waals surface area contributed by atoms with Gasteiger partial charge in [-0.15, -0.1) is 0 Å². The van der Waals surface area contributed by atoms with Gasteiger partial charge in [0.1, 0.15) is 16.8 Å². The molecule has 0 bridgehead atoms. The molecule has 2 aromatic carbocycles. The van der Waals surface area contributed by atoms with Crippen molar-refractivity contribution in [3.8, 4) is 28.4 Å². The maximum Gasteiger partial charge on any atom is 0.387 e. The summed E-state index contributed by atoms with van der Waals surface area (Å²) < 4.78 is 60.7. The number of pyridine rings is 1. The fourth-order valence-electron chi connectivity index (χ4n) is 3.21. The molecule has 4 rings (SSSR count). The van der Waals surface area contributed by atoms with E-state index in [1.165, 1.54) is 41.1 Å². The molecule has 0 aliphatic rings. The summed E-state index contributed by atoms with van der Waals surface area (Å²) in [6, 6.07) is 15.4. The van der Waals surface area contributed by atoms with Crippen molar-refractivity contribution in [2.24, 2.45) is 0 Å². The molecule has 6 nitrogen and oxygen atoms in total. The van der Waals surface area contributed by atoms with E-state index in [2.05, 4.69) is 14.8 Å². The molecule has 0 aliphatic carbocycles. The third-order valence-electron chi connectivity index (χ3n) is 4.70. The van der Waals surface area contributed by atoms with Gasteiger partial charge in [-0.1, -0.05) is 29.8 Å². The summed E-state index contributed by atoms with van der Waals surface area (Å²) >= 11 is 0. The van der Waals surface area contributed by atoms with Crippen LogP contribution in [0.5, 0.6) is 11.6 Å². The van der Waals surface area contributed by atoms with E-state index in [0.29, 0.717) is 16.8 Å². The average molecular weight is 459 g/mol. The van der Waals surface area contributed by atoms with Crippen molar-refractivity contribution in [1.82, 2.24) is 14.8 Å². The van der Waals surface area contributed by atoms with E-state index in [4.69, 9.17) is 4.74 Å². The van der Waals surface area contributed by atoms with Crippen LogP contribution in [0.3, 0.4) is 0 Å². The number of alkyl halides is 4. The fraction of sp³-hybridized carbons (Fsp3) is 0.174. The molecular formula is C23H17F4N3O3.